The van der Waals surface area contributed by atoms with Gasteiger partial charge in [-0.05, 0) is 43.0 Å². The lowest BCUT2D eigenvalue weighted by Gasteiger charge is -2.07. The third-order valence-corrected chi connectivity index (χ3v) is 2.74. The molecule has 1 aliphatic rings. The molecule has 0 spiro atoms. The van der Waals surface area contributed by atoms with E-state index in [4.69, 9.17) is 4.74 Å². The smallest absolute Gasteiger partial charge is 0.120 e. The minimum Gasteiger partial charge on any atom is -0.490 e. The van der Waals surface area contributed by atoms with Crippen molar-refractivity contribution in [2.24, 2.45) is 0 Å². The van der Waals surface area contributed by atoms with Gasteiger partial charge in [0.25, 0.3) is 0 Å². The van der Waals surface area contributed by atoms with Gasteiger partial charge in [0.2, 0.25) is 0 Å². The first-order valence-electron chi connectivity index (χ1n) is 5.36. The predicted molar refractivity (Wildman–Crippen MR) is 60.0 cm³/mol. The summed E-state index contributed by atoms with van der Waals surface area (Å²) in [6.07, 6.45) is 5.47. The first kappa shape index (κ1) is 10.2. The second-order valence-corrected chi connectivity index (χ2v) is 3.80. The van der Waals surface area contributed by atoms with E-state index in [1.807, 2.05) is 37.3 Å². The summed E-state index contributed by atoms with van der Waals surface area (Å²) in [6, 6.07) is 5.93. The van der Waals surface area contributed by atoms with Gasteiger partial charge in [-0.2, -0.15) is 0 Å². The first-order valence-corrected chi connectivity index (χ1v) is 5.36. The van der Waals surface area contributed by atoms with E-state index in [1.54, 1.807) is 0 Å². The number of benzene rings is 1. The van der Waals surface area contributed by atoms with E-state index in [-0.39, 0.29) is 6.10 Å². The van der Waals surface area contributed by atoms with E-state index in [1.165, 1.54) is 5.56 Å². The van der Waals surface area contributed by atoms with Crippen LogP contribution < -0.4 is 4.74 Å². The Morgan fingerprint density at radius 2 is 2.40 bits per heavy atom. The molecule has 0 bridgehead atoms. The van der Waals surface area contributed by atoms with Crippen LogP contribution in [0.1, 0.15) is 30.6 Å². The van der Waals surface area contributed by atoms with Crippen molar-refractivity contribution in [2.75, 3.05) is 6.61 Å². The summed E-state index contributed by atoms with van der Waals surface area (Å²) < 4.78 is 5.54. The maximum Gasteiger partial charge on any atom is 0.120 e. The molecule has 1 aromatic rings. The van der Waals surface area contributed by atoms with Gasteiger partial charge in [-0.25, -0.2) is 0 Å². The molecule has 2 heteroatoms. The number of aliphatic hydroxyl groups is 1. The van der Waals surface area contributed by atoms with Gasteiger partial charge in [-0.3, -0.25) is 0 Å². The predicted octanol–water partition coefficient (Wildman–Crippen LogP) is 2.62. The van der Waals surface area contributed by atoms with E-state index >= 15 is 0 Å². The van der Waals surface area contributed by atoms with E-state index in [0.29, 0.717) is 6.61 Å². The van der Waals surface area contributed by atoms with Crippen LogP contribution in [-0.4, -0.2) is 11.7 Å². The van der Waals surface area contributed by atoms with Gasteiger partial charge in [0.15, 0.2) is 0 Å². The average molecular weight is 204 g/mol. The highest BCUT2D eigenvalue weighted by molar-refractivity contribution is 5.39. The highest BCUT2D eigenvalue weighted by Gasteiger charge is 2.19. The summed E-state index contributed by atoms with van der Waals surface area (Å²) in [6.45, 7) is 2.58. The fraction of sp³-hybridized carbons (Fsp3) is 0.385. The molecule has 1 aromatic carbocycles. The molecular formula is C13H16O2. The normalized spacial score (nSPS) is 19.5. The lowest BCUT2D eigenvalue weighted by Crippen LogP contribution is -1.95. The molecule has 1 atom stereocenters. The van der Waals surface area contributed by atoms with Crippen LogP contribution in [0.3, 0.4) is 0 Å². The van der Waals surface area contributed by atoms with Gasteiger partial charge in [-0.1, -0.05) is 18.2 Å². The number of rotatable bonds is 3. The zero-order chi connectivity index (χ0) is 10.7. The van der Waals surface area contributed by atoms with Crippen LogP contribution in [0.2, 0.25) is 0 Å². The average Bonchev–Trinajstić information content (AvgIpc) is 2.61. The monoisotopic (exact) mass is 204 g/mol. The van der Waals surface area contributed by atoms with Crippen LogP contribution in [0.25, 0.3) is 0 Å². The summed E-state index contributed by atoms with van der Waals surface area (Å²) in [5, 5.41) is 9.63. The quantitative estimate of drug-likeness (QED) is 0.767. The van der Waals surface area contributed by atoms with Gasteiger partial charge < -0.3 is 9.84 Å². The fourth-order valence-corrected chi connectivity index (χ4v) is 1.90. The summed E-state index contributed by atoms with van der Waals surface area (Å²) in [7, 11) is 0. The highest BCUT2D eigenvalue weighted by Crippen LogP contribution is 2.33. The van der Waals surface area contributed by atoms with Crippen LogP contribution in [0.5, 0.6) is 5.75 Å². The van der Waals surface area contributed by atoms with Crippen molar-refractivity contribution in [3.05, 3.63) is 41.5 Å². The first-order chi connectivity index (χ1) is 7.31. The Hall–Kier alpha value is -1.28. The number of hydrogen-bond donors (Lipinski definition) is 1. The molecule has 2 rings (SSSR count). The van der Waals surface area contributed by atoms with Gasteiger partial charge in [0.05, 0.1) is 6.10 Å². The molecule has 0 aliphatic heterocycles. The summed E-state index contributed by atoms with van der Waals surface area (Å²) in [5.74, 6) is 0.890. The Kier molecular flexibility index (Phi) is 3.07. The Morgan fingerprint density at radius 1 is 1.53 bits per heavy atom. The zero-order valence-corrected chi connectivity index (χ0v) is 8.94. The Morgan fingerprint density at radius 3 is 3.20 bits per heavy atom. The van der Waals surface area contributed by atoms with E-state index in [9.17, 15) is 5.11 Å². The van der Waals surface area contributed by atoms with Crippen LogP contribution in [-0.2, 0) is 6.42 Å². The molecule has 0 radical (unpaired) electrons. The lowest BCUT2D eigenvalue weighted by molar-refractivity contribution is 0.180. The van der Waals surface area contributed by atoms with E-state index in [2.05, 4.69) is 0 Å². The second-order valence-electron chi connectivity index (χ2n) is 3.80. The van der Waals surface area contributed by atoms with Crippen LogP contribution in [0, 0.1) is 0 Å². The second kappa shape index (κ2) is 4.49. The Labute approximate surface area is 90.2 Å². The number of hydrogen-bond acceptors (Lipinski definition) is 2. The molecule has 15 heavy (non-hydrogen) atoms. The topological polar surface area (TPSA) is 29.5 Å². The number of aryl methyl sites for hydroxylation is 1. The SMILES string of the molecule is C/C=C/COc1ccc2c(c1)CC[C@H]2O. The Bertz CT molecular complexity index is 369. The molecule has 80 valence electrons. The molecule has 0 saturated carbocycles. The van der Waals surface area contributed by atoms with E-state index < -0.39 is 0 Å². The molecule has 0 heterocycles. The molecule has 0 unspecified atom stereocenters. The Balaban J connectivity index is 2.09. The molecule has 2 nitrogen and oxygen atoms in total. The molecule has 0 fully saturated rings. The molecular weight excluding hydrogens is 188 g/mol. The molecule has 0 saturated heterocycles. The summed E-state index contributed by atoms with van der Waals surface area (Å²) in [4.78, 5) is 0. The fourth-order valence-electron chi connectivity index (χ4n) is 1.90. The summed E-state index contributed by atoms with van der Waals surface area (Å²) >= 11 is 0. The van der Waals surface area contributed by atoms with Crippen molar-refractivity contribution in [1.82, 2.24) is 0 Å². The third-order valence-electron chi connectivity index (χ3n) is 2.74. The molecule has 1 aliphatic carbocycles. The number of fused-ring (bicyclic) bond motifs is 1. The zero-order valence-electron chi connectivity index (χ0n) is 8.94. The van der Waals surface area contributed by atoms with Gasteiger partial charge in [0.1, 0.15) is 12.4 Å². The third kappa shape index (κ3) is 2.21. The van der Waals surface area contributed by atoms with Crippen molar-refractivity contribution < 1.29 is 9.84 Å². The van der Waals surface area contributed by atoms with Crippen LogP contribution in [0.15, 0.2) is 30.4 Å². The van der Waals surface area contributed by atoms with Crippen molar-refractivity contribution in [1.29, 1.82) is 0 Å². The number of allylic oxidation sites excluding steroid dienone is 1. The molecule has 1 N–H and O–H groups in total. The lowest BCUT2D eigenvalue weighted by atomic mass is 10.1. The van der Waals surface area contributed by atoms with Crippen molar-refractivity contribution in [2.45, 2.75) is 25.9 Å². The van der Waals surface area contributed by atoms with Crippen molar-refractivity contribution in [3.8, 4) is 5.75 Å². The minimum atomic E-state index is -0.274. The highest BCUT2D eigenvalue weighted by atomic mass is 16.5. The number of aliphatic hydroxyl groups excluding tert-OH is 1. The standard InChI is InChI=1S/C13H16O2/c1-2-3-8-15-11-5-6-12-10(9-11)4-7-13(12)14/h2-3,5-6,9,13-14H,4,7-8H2,1H3/b3-2+/t13-/m1/s1. The maximum atomic E-state index is 9.63. The minimum absolute atomic E-state index is 0.274. The molecule has 0 aromatic heterocycles. The van der Waals surface area contributed by atoms with E-state index in [0.717, 1.165) is 24.2 Å². The van der Waals surface area contributed by atoms with Crippen molar-refractivity contribution in [3.63, 3.8) is 0 Å². The van der Waals surface area contributed by atoms with Gasteiger partial charge >= 0.3 is 0 Å². The maximum absolute atomic E-state index is 9.63. The number of ether oxygens (including phenoxy) is 1. The summed E-state index contributed by atoms with van der Waals surface area (Å²) in [5.41, 5.74) is 2.29. The van der Waals surface area contributed by atoms with Crippen molar-refractivity contribution >= 4 is 0 Å². The largest absolute Gasteiger partial charge is 0.490 e. The van der Waals surface area contributed by atoms with Crippen LogP contribution in [0.4, 0.5) is 0 Å². The van der Waals surface area contributed by atoms with Gasteiger partial charge in [-0.15, -0.1) is 0 Å². The van der Waals surface area contributed by atoms with Crippen LogP contribution >= 0.6 is 0 Å². The molecule has 0 amide bonds. The van der Waals surface area contributed by atoms with Gasteiger partial charge in [0, 0.05) is 0 Å².